The van der Waals surface area contributed by atoms with Gasteiger partial charge in [0.15, 0.2) is 0 Å². The van der Waals surface area contributed by atoms with Crippen LogP contribution in [0.15, 0.2) is 30.6 Å². The fraction of sp³-hybridized carbons (Fsp3) is 0.308. The van der Waals surface area contributed by atoms with Crippen molar-refractivity contribution in [2.45, 2.75) is 26.3 Å². The van der Waals surface area contributed by atoms with Gasteiger partial charge in [-0.2, -0.15) is 0 Å². The van der Waals surface area contributed by atoms with Crippen LogP contribution in [0.1, 0.15) is 30.8 Å². The SMILES string of the molecule is CCC(Nc1ccc(C)cc1[N+](=O)[O-])c1ncc[nH]1. The van der Waals surface area contributed by atoms with Crippen LogP contribution in [0, 0.1) is 17.0 Å². The van der Waals surface area contributed by atoms with Crippen molar-refractivity contribution in [2.75, 3.05) is 5.32 Å². The van der Waals surface area contributed by atoms with Gasteiger partial charge in [0.05, 0.1) is 11.0 Å². The Kier molecular flexibility index (Phi) is 3.79. The Balaban J connectivity index is 2.29. The van der Waals surface area contributed by atoms with Crippen molar-refractivity contribution >= 4 is 11.4 Å². The van der Waals surface area contributed by atoms with E-state index in [2.05, 4.69) is 15.3 Å². The molecule has 0 saturated carbocycles. The molecule has 0 aliphatic rings. The number of aryl methyl sites for hydroxylation is 1. The van der Waals surface area contributed by atoms with Crippen LogP contribution >= 0.6 is 0 Å². The second-order valence-corrected chi connectivity index (χ2v) is 4.36. The van der Waals surface area contributed by atoms with E-state index < -0.39 is 0 Å². The van der Waals surface area contributed by atoms with Gasteiger partial charge in [0, 0.05) is 18.5 Å². The fourth-order valence-electron chi connectivity index (χ4n) is 1.93. The molecule has 0 radical (unpaired) electrons. The van der Waals surface area contributed by atoms with Crippen molar-refractivity contribution in [1.29, 1.82) is 0 Å². The number of hydrogen-bond acceptors (Lipinski definition) is 4. The number of nitro groups is 1. The summed E-state index contributed by atoms with van der Waals surface area (Å²) < 4.78 is 0. The summed E-state index contributed by atoms with van der Waals surface area (Å²) >= 11 is 0. The second kappa shape index (κ2) is 5.51. The van der Waals surface area contributed by atoms with Gasteiger partial charge in [-0.3, -0.25) is 10.1 Å². The molecule has 19 heavy (non-hydrogen) atoms. The van der Waals surface area contributed by atoms with Gasteiger partial charge in [-0.25, -0.2) is 4.98 Å². The minimum Gasteiger partial charge on any atom is -0.370 e. The summed E-state index contributed by atoms with van der Waals surface area (Å²) in [5.41, 5.74) is 1.46. The Hall–Kier alpha value is -2.37. The Morgan fingerprint density at radius 3 is 2.89 bits per heavy atom. The molecule has 2 rings (SSSR count). The van der Waals surface area contributed by atoms with E-state index in [1.165, 1.54) is 0 Å². The number of nitro benzene ring substituents is 1. The zero-order chi connectivity index (χ0) is 13.8. The van der Waals surface area contributed by atoms with E-state index in [0.29, 0.717) is 5.69 Å². The smallest absolute Gasteiger partial charge is 0.292 e. The summed E-state index contributed by atoms with van der Waals surface area (Å²) in [6.45, 7) is 3.83. The molecule has 0 bridgehead atoms. The fourth-order valence-corrected chi connectivity index (χ4v) is 1.93. The molecule has 1 aromatic heterocycles. The molecule has 2 N–H and O–H groups in total. The van der Waals surface area contributed by atoms with Crippen molar-refractivity contribution in [3.63, 3.8) is 0 Å². The maximum Gasteiger partial charge on any atom is 0.292 e. The molecule has 0 amide bonds. The summed E-state index contributed by atoms with van der Waals surface area (Å²) in [7, 11) is 0. The largest absolute Gasteiger partial charge is 0.370 e. The standard InChI is InChI=1S/C13H16N4O2/c1-3-10(13-14-6-7-15-13)16-11-5-4-9(2)8-12(11)17(18)19/h4-8,10,16H,3H2,1-2H3,(H,14,15). The number of imidazole rings is 1. The van der Waals surface area contributed by atoms with Gasteiger partial charge in [-0.1, -0.05) is 13.0 Å². The van der Waals surface area contributed by atoms with Crippen LogP contribution in [0.5, 0.6) is 0 Å². The maximum atomic E-state index is 11.1. The molecular formula is C13H16N4O2. The van der Waals surface area contributed by atoms with Crippen LogP contribution in [-0.4, -0.2) is 14.9 Å². The number of aromatic nitrogens is 2. The predicted octanol–water partition coefficient (Wildman–Crippen LogP) is 3.19. The summed E-state index contributed by atoms with van der Waals surface area (Å²) in [6.07, 6.45) is 4.19. The van der Waals surface area contributed by atoms with Crippen LogP contribution in [0.25, 0.3) is 0 Å². The van der Waals surface area contributed by atoms with Gasteiger partial charge in [-0.15, -0.1) is 0 Å². The molecule has 1 heterocycles. The highest BCUT2D eigenvalue weighted by Crippen LogP contribution is 2.29. The van der Waals surface area contributed by atoms with Gasteiger partial charge in [0.25, 0.3) is 5.69 Å². The molecule has 6 nitrogen and oxygen atoms in total. The predicted molar refractivity (Wildman–Crippen MR) is 73.1 cm³/mol. The Labute approximate surface area is 111 Å². The zero-order valence-electron chi connectivity index (χ0n) is 10.9. The summed E-state index contributed by atoms with van der Waals surface area (Å²) in [6, 6.07) is 5.08. The van der Waals surface area contributed by atoms with Crippen molar-refractivity contribution in [1.82, 2.24) is 9.97 Å². The molecule has 0 spiro atoms. The lowest BCUT2D eigenvalue weighted by Gasteiger charge is -2.16. The molecule has 100 valence electrons. The molecular weight excluding hydrogens is 244 g/mol. The molecule has 1 aromatic carbocycles. The molecule has 1 atom stereocenters. The van der Waals surface area contributed by atoms with Crippen molar-refractivity contribution in [2.24, 2.45) is 0 Å². The molecule has 0 aliphatic carbocycles. The van der Waals surface area contributed by atoms with Crippen LogP contribution in [-0.2, 0) is 0 Å². The van der Waals surface area contributed by atoms with Crippen LogP contribution in [0.3, 0.4) is 0 Å². The average Bonchev–Trinajstić information content (AvgIpc) is 2.90. The lowest BCUT2D eigenvalue weighted by molar-refractivity contribution is -0.384. The van der Waals surface area contributed by atoms with Gasteiger partial charge in [0.1, 0.15) is 11.5 Å². The van der Waals surface area contributed by atoms with Crippen LogP contribution < -0.4 is 5.32 Å². The number of nitrogens with one attached hydrogen (secondary N) is 2. The highest BCUT2D eigenvalue weighted by atomic mass is 16.6. The number of aromatic amines is 1. The number of rotatable bonds is 5. The van der Waals surface area contributed by atoms with E-state index in [0.717, 1.165) is 17.8 Å². The first-order valence-electron chi connectivity index (χ1n) is 6.12. The second-order valence-electron chi connectivity index (χ2n) is 4.36. The lowest BCUT2D eigenvalue weighted by Crippen LogP contribution is -2.12. The molecule has 1 unspecified atom stereocenters. The van der Waals surface area contributed by atoms with Gasteiger partial charge in [-0.05, 0) is 25.0 Å². The van der Waals surface area contributed by atoms with Gasteiger partial charge in [0.2, 0.25) is 0 Å². The van der Waals surface area contributed by atoms with E-state index in [1.54, 1.807) is 24.5 Å². The molecule has 0 fully saturated rings. The van der Waals surface area contributed by atoms with Crippen molar-refractivity contribution < 1.29 is 4.92 Å². The summed E-state index contributed by atoms with van der Waals surface area (Å²) in [5, 5.41) is 14.2. The van der Waals surface area contributed by atoms with Crippen molar-refractivity contribution in [3.8, 4) is 0 Å². The Morgan fingerprint density at radius 1 is 1.53 bits per heavy atom. The first-order chi connectivity index (χ1) is 9.11. The van der Waals surface area contributed by atoms with E-state index in [-0.39, 0.29) is 16.7 Å². The number of hydrogen-bond donors (Lipinski definition) is 2. The highest BCUT2D eigenvalue weighted by molar-refractivity contribution is 5.63. The molecule has 2 aromatic rings. The zero-order valence-corrected chi connectivity index (χ0v) is 10.9. The topological polar surface area (TPSA) is 83.8 Å². The van der Waals surface area contributed by atoms with Crippen LogP contribution in [0.2, 0.25) is 0 Å². The molecule has 6 heteroatoms. The number of H-pyrrole nitrogens is 1. The molecule has 0 aliphatic heterocycles. The highest BCUT2D eigenvalue weighted by Gasteiger charge is 2.18. The average molecular weight is 260 g/mol. The third-order valence-corrected chi connectivity index (χ3v) is 2.94. The lowest BCUT2D eigenvalue weighted by atomic mass is 10.1. The third-order valence-electron chi connectivity index (χ3n) is 2.94. The van der Waals surface area contributed by atoms with Crippen molar-refractivity contribution in [3.05, 3.63) is 52.1 Å². The number of nitrogens with zero attached hydrogens (tertiary/aromatic N) is 2. The van der Waals surface area contributed by atoms with E-state index >= 15 is 0 Å². The molecule has 0 saturated heterocycles. The quantitative estimate of drug-likeness (QED) is 0.638. The number of benzene rings is 1. The Bertz CT molecular complexity index is 566. The number of anilines is 1. The minimum atomic E-state index is -0.371. The normalized spacial score (nSPS) is 12.1. The monoisotopic (exact) mass is 260 g/mol. The van der Waals surface area contributed by atoms with Crippen LogP contribution in [0.4, 0.5) is 11.4 Å². The van der Waals surface area contributed by atoms with E-state index in [4.69, 9.17) is 0 Å². The van der Waals surface area contributed by atoms with Gasteiger partial charge < -0.3 is 10.3 Å². The minimum absolute atomic E-state index is 0.0728. The first-order valence-corrected chi connectivity index (χ1v) is 6.12. The summed E-state index contributed by atoms with van der Waals surface area (Å²) in [5.74, 6) is 0.775. The first kappa shape index (κ1) is 13.1. The van der Waals surface area contributed by atoms with E-state index in [9.17, 15) is 10.1 Å². The van der Waals surface area contributed by atoms with Gasteiger partial charge >= 0.3 is 0 Å². The van der Waals surface area contributed by atoms with E-state index in [1.807, 2.05) is 19.9 Å². The third kappa shape index (κ3) is 2.90. The summed E-state index contributed by atoms with van der Waals surface area (Å²) in [4.78, 5) is 17.9. The Morgan fingerprint density at radius 2 is 2.32 bits per heavy atom. The maximum absolute atomic E-state index is 11.1.